The first-order valence-corrected chi connectivity index (χ1v) is 12.6. The van der Waals surface area contributed by atoms with Crippen molar-refractivity contribution in [3.05, 3.63) is 85.9 Å². The summed E-state index contributed by atoms with van der Waals surface area (Å²) in [6.07, 6.45) is 7.47. The molecule has 3 aromatic carbocycles. The normalized spacial score (nSPS) is 13.9. The molecule has 41 heavy (non-hydrogen) atoms. The Hall–Kier alpha value is -5.51. The fourth-order valence-electron chi connectivity index (χ4n) is 5.81. The van der Waals surface area contributed by atoms with Crippen molar-refractivity contribution in [1.29, 1.82) is 0 Å². The van der Waals surface area contributed by atoms with Crippen LogP contribution in [0.1, 0.15) is 55.6 Å². The van der Waals surface area contributed by atoms with Crippen molar-refractivity contribution in [2.45, 2.75) is 19.8 Å². The van der Waals surface area contributed by atoms with Crippen molar-refractivity contribution in [2.24, 2.45) is 0 Å². The lowest BCUT2D eigenvalue weighted by Gasteiger charge is -2.28. The first-order chi connectivity index (χ1) is 19.6. The summed E-state index contributed by atoms with van der Waals surface area (Å²) in [7, 11) is 1.20. The molecule has 1 aromatic heterocycles. The first-order valence-electron chi connectivity index (χ1n) is 12.6. The number of H-pyrrole nitrogens is 1. The third-order valence-electron chi connectivity index (χ3n) is 7.60. The Kier molecular flexibility index (Phi) is 5.66. The van der Waals surface area contributed by atoms with E-state index in [-0.39, 0.29) is 40.7 Å². The summed E-state index contributed by atoms with van der Waals surface area (Å²) in [5.74, 6) is -5.43. The number of phenolic OH excluding ortho intramolecular Hbond substituents is 5. The summed E-state index contributed by atoms with van der Waals surface area (Å²) >= 11 is 0. The number of carbonyl (C=O) groups excluding carboxylic acids is 2. The van der Waals surface area contributed by atoms with Gasteiger partial charge in [0.05, 0.1) is 34.7 Å². The molecule has 0 saturated carbocycles. The molecule has 206 valence electrons. The molecule has 4 aromatic rings. The molecule has 0 saturated heterocycles. The molecule has 0 amide bonds. The SMILES string of the molecule is C/C=C/C=C/c1cc2cc3c(c(O)c2c(=O)[nH]1)-c1c(O)c2c(c(O)c1CC3)C(=O)c1c(O)c(OC)cc(O)c1C2=O. The summed E-state index contributed by atoms with van der Waals surface area (Å²) in [5, 5.41) is 55.7. The fraction of sp³-hybridized carbons (Fsp3) is 0.129. The van der Waals surface area contributed by atoms with Crippen LogP contribution in [0.2, 0.25) is 0 Å². The van der Waals surface area contributed by atoms with Gasteiger partial charge in [0.1, 0.15) is 23.0 Å². The maximum atomic E-state index is 13.6. The minimum absolute atomic E-state index is 0.0462. The van der Waals surface area contributed by atoms with Gasteiger partial charge in [-0.1, -0.05) is 18.2 Å². The van der Waals surface area contributed by atoms with Crippen LogP contribution in [0, 0.1) is 0 Å². The number of carbonyl (C=O) groups is 2. The highest BCUT2D eigenvalue weighted by Crippen LogP contribution is 2.55. The van der Waals surface area contributed by atoms with Gasteiger partial charge < -0.3 is 35.3 Å². The van der Waals surface area contributed by atoms with E-state index in [2.05, 4.69) is 4.98 Å². The van der Waals surface area contributed by atoms with Crippen LogP contribution in [0.15, 0.2) is 41.2 Å². The van der Waals surface area contributed by atoms with E-state index in [4.69, 9.17) is 4.74 Å². The van der Waals surface area contributed by atoms with E-state index < -0.39 is 68.1 Å². The Morgan fingerprint density at radius 1 is 0.756 bits per heavy atom. The molecule has 6 rings (SSSR count). The standard InChI is InChI=1S/C31H23NO9/c1-3-4-5-6-14-10-13-9-12-7-8-15-20(18(12)27(36)19(13)31(40)32-14)28(37)24-23(25(15)34)30(39)22-21(29(24)38)16(33)11-17(41-2)26(22)35/h3-6,9-11,33-37H,7-8H2,1-2H3,(H,32,40)/b4-3+,6-5+. The summed E-state index contributed by atoms with van der Waals surface area (Å²) in [6.45, 7) is 1.85. The van der Waals surface area contributed by atoms with E-state index in [1.54, 1.807) is 30.4 Å². The highest BCUT2D eigenvalue weighted by Gasteiger charge is 2.43. The summed E-state index contributed by atoms with van der Waals surface area (Å²) in [4.78, 5) is 42.9. The van der Waals surface area contributed by atoms with E-state index in [1.165, 1.54) is 7.11 Å². The number of ether oxygens (including phenoxy) is 1. The molecule has 0 aliphatic heterocycles. The van der Waals surface area contributed by atoms with E-state index in [1.807, 2.05) is 13.0 Å². The molecular weight excluding hydrogens is 530 g/mol. The molecule has 10 heteroatoms. The Labute approximate surface area is 231 Å². The maximum Gasteiger partial charge on any atom is 0.260 e. The minimum Gasteiger partial charge on any atom is -0.507 e. The number of aromatic nitrogens is 1. The molecule has 0 unspecified atom stereocenters. The fourth-order valence-corrected chi connectivity index (χ4v) is 5.81. The minimum atomic E-state index is -1.02. The largest absolute Gasteiger partial charge is 0.507 e. The molecular formula is C31H23NO9. The van der Waals surface area contributed by atoms with E-state index in [0.29, 0.717) is 16.6 Å². The lowest BCUT2D eigenvalue weighted by atomic mass is 9.75. The molecule has 2 aliphatic rings. The van der Waals surface area contributed by atoms with Crippen molar-refractivity contribution in [2.75, 3.05) is 7.11 Å². The molecule has 0 spiro atoms. The molecule has 6 N–H and O–H groups in total. The zero-order chi connectivity index (χ0) is 29.3. The van der Waals surface area contributed by atoms with Crippen LogP contribution >= 0.6 is 0 Å². The van der Waals surface area contributed by atoms with Crippen molar-refractivity contribution < 1.29 is 39.9 Å². The average Bonchev–Trinajstić information content (AvgIpc) is 2.93. The first kappa shape index (κ1) is 25.8. The van der Waals surface area contributed by atoms with Crippen molar-refractivity contribution in [3.8, 4) is 45.6 Å². The predicted molar refractivity (Wildman–Crippen MR) is 149 cm³/mol. The van der Waals surface area contributed by atoms with Crippen LogP contribution < -0.4 is 10.3 Å². The number of hydrogen-bond donors (Lipinski definition) is 6. The molecule has 1 heterocycles. The monoisotopic (exact) mass is 553 g/mol. The van der Waals surface area contributed by atoms with E-state index >= 15 is 0 Å². The predicted octanol–water partition coefficient (Wildman–Crippen LogP) is 4.20. The number of aromatic hydroxyl groups is 5. The van der Waals surface area contributed by atoms with Gasteiger partial charge in [0, 0.05) is 28.5 Å². The molecule has 2 aliphatic carbocycles. The van der Waals surface area contributed by atoms with Crippen molar-refractivity contribution >= 4 is 28.4 Å². The summed E-state index contributed by atoms with van der Waals surface area (Å²) in [5.41, 5.74) is -1.77. The third kappa shape index (κ3) is 3.47. The van der Waals surface area contributed by atoms with Gasteiger partial charge >= 0.3 is 0 Å². The number of pyridine rings is 1. The second-order valence-corrected chi connectivity index (χ2v) is 9.82. The van der Waals surface area contributed by atoms with Crippen LogP contribution in [0.5, 0.6) is 34.5 Å². The van der Waals surface area contributed by atoms with Gasteiger partial charge in [0.15, 0.2) is 11.5 Å². The van der Waals surface area contributed by atoms with Gasteiger partial charge in [-0.15, -0.1) is 0 Å². The number of ketones is 2. The zero-order valence-electron chi connectivity index (χ0n) is 21.8. The Morgan fingerprint density at radius 3 is 2.15 bits per heavy atom. The van der Waals surface area contributed by atoms with Crippen LogP contribution in [0.3, 0.4) is 0 Å². The summed E-state index contributed by atoms with van der Waals surface area (Å²) in [6, 6.07) is 4.35. The molecule has 0 atom stereocenters. The van der Waals surface area contributed by atoms with Crippen molar-refractivity contribution in [3.63, 3.8) is 0 Å². The number of fused-ring (bicyclic) bond motifs is 6. The number of aryl methyl sites for hydroxylation is 1. The van der Waals surface area contributed by atoms with Gasteiger partial charge in [0.2, 0.25) is 11.6 Å². The lowest BCUT2D eigenvalue weighted by Crippen LogP contribution is -2.23. The van der Waals surface area contributed by atoms with Crippen molar-refractivity contribution in [1.82, 2.24) is 4.98 Å². The average molecular weight is 554 g/mol. The van der Waals surface area contributed by atoms with Crippen LogP contribution in [-0.4, -0.2) is 49.2 Å². The van der Waals surface area contributed by atoms with E-state index in [9.17, 15) is 39.9 Å². The maximum absolute atomic E-state index is 13.6. The van der Waals surface area contributed by atoms with Gasteiger partial charge in [-0.2, -0.15) is 0 Å². The Morgan fingerprint density at radius 2 is 1.44 bits per heavy atom. The molecule has 10 nitrogen and oxygen atoms in total. The van der Waals surface area contributed by atoms with Gasteiger partial charge in [-0.3, -0.25) is 14.4 Å². The van der Waals surface area contributed by atoms with Gasteiger partial charge in [-0.25, -0.2) is 0 Å². The number of nitrogens with one attached hydrogen (secondary N) is 1. The number of allylic oxidation sites excluding steroid dienone is 3. The number of hydrogen-bond acceptors (Lipinski definition) is 9. The number of benzene rings is 3. The quantitative estimate of drug-likeness (QED) is 0.141. The zero-order valence-corrected chi connectivity index (χ0v) is 21.8. The molecule has 0 fully saturated rings. The third-order valence-corrected chi connectivity index (χ3v) is 7.60. The number of phenols is 5. The smallest absolute Gasteiger partial charge is 0.260 e. The highest BCUT2D eigenvalue weighted by molar-refractivity contribution is 6.33. The summed E-state index contributed by atoms with van der Waals surface area (Å²) < 4.78 is 4.99. The second-order valence-electron chi connectivity index (χ2n) is 9.82. The second kappa shape index (κ2) is 9.02. The lowest BCUT2D eigenvalue weighted by molar-refractivity contribution is 0.0968. The molecule has 0 bridgehead atoms. The Bertz CT molecular complexity index is 2000. The van der Waals surface area contributed by atoms with Crippen LogP contribution in [0.4, 0.5) is 0 Å². The highest BCUT2D eigenvalue weighted by atomic mass is 16.5. The van der Waals surface area contributed by atoms with Crippen LogP contribution in [-0.2, 0) is 12.8 Å². The van der Waals surface area contributed by atoms with Gasteiger partial charge in [0.25, 0.3) is 5.56 Å². The number of aromatic amines is 1. The van der Waals surface area contributed by atoms with E-state index in [0.717, 1.165) is 6.07 Å². The topological polar surface area (TPSA) is 177 Å². The van der Waals surface area contributed by atoms with Crippen LogP contribution in [0.25, 0.3) is 28.0 Å². The number of methoxy groups -OCH3 is 1. The number of rotatable bonds is 3. The Balaban J connectivity index is 1.64. The van der Waals surface area contributed by atoms with Gasteiger partial charge in [-0.05, 0) is 48.9 Å². The molecule has 0 radical (unpaired) electrons.